The largest absolute Gasteiger partial charge is 0.383 e. The molecule has 0 bridgehead atoms. The molecule has 0 spiro atoms. The van der Waals surface area contributed by atoms with E-state index in [4.69, 9.17) is 11.0 Å². The highest BCUT2D eigenvalue weighted by molar-refractivity contribution is 7.99. The average Bonchev–Trinajstić information content (AvgIpc) is 2.85. The fraction of sp³-hybridized carbons (Fsp3) is 0.273. The Morgan fingerprint density at radius 1 is 1.58 bits per heavy atom. The lowest BCUT2D eigenvalue weighted by atomic mass is 10.4. The van der Waals surface area contributed by atoms with Gasteiger partial charge in [-0.25, -0.2) is 9.97 Å². The van der Waals surface area contributed by atoms with Gasteiger partial charge in [-0.2, -0.15) is 5.26 Å². The predicted octanol–water partition coefficient (Wildman–Crippen LogP) is 1.40. The number of amides is 1. The van der Waals surface area contributed by atoms with Gasteiger partial charge in [0.05, 0.1) is 23.6 Å². The van der Waals surface area contributed by atoms with E-state index in [-0.39, 0.29) is 11.7 Å². The first kappa shape index (κ1) is 13.6. The third kappa shape index (κ3) is 3.56. The van der Waals surface area contributed by atoms with Crippen LogP contribution in [0.1, 0.15) is 6.42 Å². The Bertz CT molecular complexity index is 634. The minimum atomic E-state index is -0.145. The Balaban J connectivity index is 1.94. The van der Waals surface area contributed by atoms with Crippen molar-refractivity contribution in [2.24, 2.45) is 0 Å². The molecule has 0 radical (unpaired) electrons. The predicted molar refractivity (Wildman–Crippen MR) is 75.8 cm³/mol. The van der Waals surface area contributed by atoms with Crippen LogP contribution < -0.4 is 11.1 Å². The van der Waals surface area contributed by atoms with Crippen molar-refractivity contribution in [3.8, 4) is 6.07 Å². The summed E-state index contributed by atoms with van der Waals surface area (Å²) in [6.45, 7) is 0.364. The second-order valence-electron chi connectivity index (χ2n) is 3.58. The number of thiophene rings is 1. The summed E-state index contributed by atoms with van der Waals surface area (Å²) in [7, 11) is 0. The maximum atomic E-state index is 11.5. The van der Waals surface area contributed by atoms with E-state index in [0.717, 1.165) is 10.2 Å². The molecule has 1 amide bonds. The topological polar surface area (TPSA) is 105 Å². The zero-order valence-electron chi connectivity index (χ0n) is 9.92. The number of hydrogen-bond acceptors (Lipinski definition) is 7. The molecule has 19 heavy (non-hydrogen) atoms. The van der Waals surface area contributed by atoms with Gasteiger partial charge in [0, 0.05) is 6.54 Å². The van der Waals surface area contributed by atoms with Crippen LogP contribution in [0.3, 0.4) is 0 Å². The van der Waals surface area contributed by atoms with Gasteiger partial charge in [0.2, 0.25) is 5.91 Å². The third-order valence-corrected chi connectivity index (χ3v) is 3.88. The maximum Gasteiger partial charge on any atom is 0.230 e. The van der Waals surface area contributed by atoms with Gasteiger partial charge in [-0.3, -0.25) is 4.79 Å². The number of aromatic nitrogens is 2. The van der Waals surface area contributed by atoms with Crippen molar-refractivity contribution in [2.75, 3.05) is 18.0 Å². The number of carbonyl (C=O) groups is 1. The third-order valence-electron chi connectivity index (χ3n) is 2.23. The van der Waals surface area contributed by atoms with Gasteiger partial charge >= 0.3 is 0 Å². The van der Waals surface area contributed by atoms with Crippen LogP contribution in [0.5, 0.6) is 0 Å². The second-order valence-corrected chi connectivity index (χ2v) is 5.41. The number of nitrogens with zero attached hydrogens (tertiary/aromatic N) is 3. The summed E-state index contributed by atoms with van der Waals surface area (Å²) in [6.07, 6.45) is 0.307. The van der Waals surface area contributed by atoms with Gasteiger partial charge in [-0.1, -0.05) is 11.8 Å². The average molecular weight is 293 g/mol. The minimum Gasteiger partial charge on any atom is -0.383 e. The lowest BCUT2D eigenvalue weighted by molar-refractivity contribution is -0.118. The fourth-order valence-electron chi connectivity index (χ4n) is 1.36. The highest BCUT2D eigenvalue weighted by Crippen LogP contribution is 2.25. The van der Waals surface area contributed by atoms with Gasteiger partial charge in [0.15, 0.2) is 5.16 Å². The van der Waals surface area contributed by atoms with Gasteiger partial charge in [0.1, 0.15) is 10.6 Å². The lowest BCUT2D eigenvalue weighted by Crippen LogP contribution is -2.25. The molecule has 0 fully saturated rings. The summed E-state index contributed by atoms with van der Waals surface area (Å²) in [5.41, 5.74) is 5.81. The minimum absolute atomic E-state index is 0.145. The molecule has 2 aromatic rings. The molecule has 0 aliphatic carbocycles. The van der Waals surface area contributed by atoms with Crippen molar-refractivity contribution in [1.82, 2.24) is 15.3 Å². The number of hydrogen-bond donors (Lipinski definition) is 2. The van der Waals surface area contributed by atoms with Gasteiger partial charge in [0.25, 0.3) is 0 Å². The van der Waals surface area contributed by atoms with Crippen LogP contribution in [0.15, 0.2) is 16.6 Å². The van der Waals surface area contributed by atoms with Crippen LogP contribution in [0.2, 0.25) is 0 Å². The summed E-state index contributed by atoms with van der Waals surface area (Å²) in [5, 5.41) is 14.2. The molecule has 2 heterocycles. The number of anilines is 1. The van der Waals surface area contributed by atoms with Crippen molar-refractivity contribution in [2.45, 2.75) is 11.6 Å². The number of thioether (sulfide) groups is 1. The second kappa shape index (κ2) is 6.36. The number of nitrogen functional groups attached to an aromatic ring is 1. The summed E-state index contributed by atoms with van der Waals surface area (Å²) in [4.78, 5) is 20.8. The lowest BCUT2D eigenvalue weighted by Gasteiger charge is -2.03. The van der Waals surface area contributed by atoms with E-state index in [1.807, 2.05) is 17.5 Å². The zero-order chi connectivity index (χ0) is 13.7. The Kier molecular flexibility index (Phi) is 4.54. The number of fused-ring (bicyclic) bond motifs is 1. The van der Waals surface area contributed by atoms with Crippen LogP contribution in [0.25, 0.3) is 10.2 Å². The maximum absolute atomic E-state index is 11.5. The summed E-state index contributed by atoms with van der Waals surface area (Å²) >= 11 is 2.71. The number of nitrogens with one attached hydrogen (secondary N) is 1. The molecule has 0 saturated heterocycles. The van der Waals surface area contributed by atoms with Crippen molar-refractivity contribution < 1.29 is 4.79 Å². The molecule has 0 atom stereocenters. The van der Waals surface area contributed by atoms with Crippen molar-refractivity contribution in [3.63, 3.8) is 0 Å². The van der Waals surface area contributed by atoms with E-state index in [2.05, 4.69) is 15.3 Å². The highest BCUT2D eigenvalue weighted by Gasteiger charge is 2.08. The number of nitriles is 1. The van der Waals surface area contributed by atoms with Crippen LogP contribution >= 0.6 is 23.1 Å². The van der Waals surface area contributed by atoms with Gasteiger partial charge in [-0.05, 0) is 11.4 Å². The van der Waals surface area contributed by atoms with E-state index < -0.39 is 0 Å². The molecule has 2 rings (SSSR count). The molecule has 98 valence electrons. The standard InChI is InChI=1S/C11H11N5OS2/c12-3-1-4-14-8(17)6-19-11-15-9(13)7-2-5-18-10(7)16-11/h2,5H,1,4,6H2,(H,14,17)(H2,13,15,16). The molecule has 8 heteroatoms. The van der Waals surface area contributed by atoms with E-state index in [1.54, 1.807) is 0 Å². The fourth-order valence-corrected chi connectivity index (χ4v) is 2.87. The van der Waals surface area contributed by atoms with Crippen molar-refractivity contribution in [3.05, 3.63) is 11.4 Å². The monoisotopic (exact) mass is 293 g/mol. The van der Waals surface area contributed by atoms with Gasteiger partial charge < -0.3 is 11.1 Å². The molecule has 6 nitrogen and oxygen atoms in total. The molecule has 3 N–H and O–H groups in total. The quantitative estimate of drug-likeness (QED) is 0.490. The first-order chi connectivity index (χ1) is 9.20. The Morgan fingerprint density at radius 2 is 2.42 bits per heavy atom. The molecule has 2 aromatic heterocycles. The zero-order valence-corrected chi connectivity index (χ0v) is 11.6. The molecule has 0 aliphatic heterocycles. The molecular formula is C11H11N5OS2. The van der Waals surface area contributed by atoms with E-state index in [1.165, 1.54) is 23.1 Å². The van der Waals surface area contributed by atoms with E-state index in [0.29, 0.717) is 23.9 Å². The van der Waals surface area contributed by atoms with E-state index >= 15 is 0 Å². The van der Waals surface area contributed by atoms with E-state index in [9.17, 15) is 4.79 Å². The number of nitrogens with two attached hydrogens (primary N) is 1. The summed E-state index contributed by atoms with van der Waals surface area (Å²) < 4.78 is 0. The normalized spacial score (nSPS) is 10.3. The first-order valence-electron chi connectivity index (χ1n) is 5.48. The Morgan fingerprint density at radius 3 is 3.21 bits per heavy atom. The van der Waals surface area contributed by atoms with Crippen molar-refractivity contribution in [1.29, 1.82) is 5.26 Å². The van der Waals surface area contributed by atoms with Crippen LogP contribution in [-0.4, -0.2) is 28.2 Å². The molecule has 0 unspecified atom stereocenters. The molecule has 0 saturated carbocycles. The molecule has 0 aliphatic rings. The Labute approximate surface area is 118 Å². The molecular weight excluding hydrogens is 282 g/mol. The SMILES string of the molecule is N#CCCNC(=O)CSc1nc(N)c2ccsc2n1. The van der Waals surface area contributed by atoms with Crippen LogP contribution in [0, 0.1) is 11.3 Å². The molecule has 0 aromatic carbocycles. The van der Waals surface area contributed by atoms with Crippen molar-refractivity contribution >= 4 is 45.0 Å². The summed E-state index contributed by atoms with van der Waals surface area (Å²) in [5.74, 6) is 0.495. The first-order valence-corrected chi connectivity index (χ1v) is 7.34. The highest BCUT2D eigenvalue weighted by atomic mass is 32.2. The Hall–Kier alpha value is -1.85. The van der Waals surface area contributed by atoms with Crippen LogP contribution in [-0.2, 0) is 4.79 Å². The smallest absolute Gasteiger partial charge is 0.230 e. The van der Waals surface area contributed by atoms with Gasteiger partial charge in [-0.15, -0.1) is 11.3 Å². The number of rotatable bonds is 5. The summed E-state index contributed by atoms with van der Waals surface area (Å²) in [6, 6.07) is 3.83. The van der Waals surface area contributed by atoms with Crippen LogP contribution in [0.4, 0.5) is 5.82 Å². The number of carbonyl (C=O) groups excluding carboxylic acids is 1.